The average Bonchev–Trinajstić information content (AvgIpc) is 2.88. The normalized spacial score (nSPS) is 11.9. The van der Waals surface area contributed by atoms with E-state index in [1.54, 1.807) is 12.1 Å². The lowest BCUT2D eigenvalue weighted by Gasteiger charge is -2.04. The zero-order chi connectivity index (χ0) is 14.8. The van der Waals surface area contributed by atoms with E-state index in [9.17, 15) is 8.42 Å². The van der Waals surface area contributed by atoms with Crippen molar-refractivity contribution < 1.29 is 13.5 Å². The molecule has 1 rings (SSSR count). The fraction of sp³-hybridized carbons (Fsp3) is 0.692. The summed E-state index contributed by atoms with van der Waals surface area (Å²) in [6.45, 7) is 0.540. The van der Waals surface area contributed by atoms with Crippen LogP contribution in [0.3, 0.4) is 0 Å². The molecule has 20 heavy (non-hydrogen) atoms. The van der Waals surface area contributed by atoms with Gasteiger partial charge in [-0.15, -0.1) is 11.3 Å². The molecular formula is C13H23NO3S3. The maximum Gasteiger partial charge on any atom is 0.250 e. The topological polar surface area (TPSA) is 66.4 Å². The zero-order valence-corrected chi connectivity index (χ0v) is 14.2. The van der Waals surface area contributed by atoms with E-state index >= 15 is 0 Å². The second kappa shape index (κ2) is 9.78. The van der Waals surface area contributed by atoms with E-state index < -0.39 is 10.0 Å². The van der Waals surface area contributed by atoms with Gasteiger partial charge in [0.1, 0.15) is 4.21 Å². The molecule has 1 heterocycles. The minimum absolute atomic E-state index is 0.0451. The lowest BCUT2D eigenvalue weighted by atomic mass is 10.2. The van der Waals surface area contributed by atoms with Crippen LogP contribution in [0.15, 0.2) is 16.3 Å². The molecule has 0 fully saturated rings. The first-order chi connectivity index (χ1) is 9.60. The molecular weight excluding hydrogens is 314 g/mol. The average molecular weight is 338 g/mol. The van der Waals surface area contributed by atoms with E-state index in [0.29, 0.717) is 17.2 Å². The molecule has 0 bridgehead atoms. The van der Waals surface area contributed by atoms with Crippen molar-refractivity contribution in [2.24, 2.45) is 0 Å². The second-order valence-corrected chi connectivity index (χ2v) is 8.65. The number of unbranched alkanes of at least 4 members (excludes halogenated alkanes) is 3. The molecule has 4 nitrogen and oxygen atoms in total. The quantitative estimate of drug-likeness (QED) is 0.609. The smallest absolute Gasteiger partial charge is 0.250 e. The van der Waals surface area contributed by atoms with Crippen molar-refractivity contribution in [2.45, 2.75) is 36.3 Å². The summed E-state index contributed by atoms with van der Waals surface area (Å²) < 4.78 is 27.0. The van der Waals surface area contributed by atoms with E-state index in [4.69, 9.17) is 5.11 Å². The third kappa shape index (κ3) is 6.58. The maximum absolute atomic E-state index is 12.0. The highest BCUT2D eigenvalue weighted by atomic mass is 32.2. The van der Waals surface area contributed by atoms with Crippen molar-refractivity contribution in [3.8, 4) is 0 Å². The highest BCUT2D eigenvalue weighted by Gasteiger charge is 2.15. The van der Waals surface area contributed by atoms with Crippen LogP contribution in [0, 0.1) is 0 Å². The number of sulfonamides is 1. The van der Waals surface area contributed by atoms with E-state index in [1.807, 2.05) is 11.8 Å². The van der Waals surface area contributed by atoms with Gasteiger partial charge in [0.25, 0.3) is 0 Å². The Morgan fingerprint density at radius 3 is 2.70 bits per heavy atom. The molecule has 0 amide bonds. The van der Waals surface area contributed by atoms with Gasteiger partial charge in [0.2, 0.25) is 10.0 Å². The molecule has 0 atom stereocenters. The molecule has 0 saturated heterocycles. The van der Waals surface area contributed by atoms with Crippen molar-refractivity contribution in [1.82, 2.24) is 4.72 Å². The molecule has 0 aliphatic carbocycles. The molecule has 0 aliphatic rings. The minimum atomic E-state index is -3.37. The predicted octanol–water partition coefficient (Wildman–Crippen LogP) is 2.48. The summed E-state index contributed by atoms with van der Waals surface area (Å²) in [6.07, 6.45) is 6.90. The van der Waals surface area contributed by atoms with Crippen LogP contribution < -0.4 is 4.72 Å². The van der Waals surface area contributed by atoms with Gasteiger partial charge in [0.15, 0.2) is 0 Å². The Morgan fingerprint density at radius 2 is 2.00 bits per heavy atom. The van der Waals surface area contributed by atoms with Gasteiger partial charge in [0.05, 0.1) is 0 Å². The van der Waals surface area contributed by atoms with Gasteiger partial charge < -0.3 is 5.11 Å². The molecule has 0 saturated carbocycles. The van der Waals surface area contributed by atoms with Crippen molar-refractivity contribution in [3.05, 3.63) is 17.0 Å². The molecule has 116 valence electrons. The first kappa shape index (κ1) is 18.0. The Bertz CT molecular complexity index is 471. The van der Waals surface area contributed by atoms with Crippen LogP contribution in [0.25, 0.3) is 0 Å². The second-order valence-electron chi connectivity index (χ2n) is 4.50. The third-order valence-corrected chi connectivity index (χ3v) is 6.62. The first-order valence-corrected chi connectivity index (χ1v) is 10.5. The Balaban J connectivity index is 2.30. The number of nitrogens with one attached hydrogen (secondary N) is 1. The minimum Gasteiger partial charge on any atom is -0.396 e. The van der Waals surface area contributed by atoms with Crippen molar-refractivity contribution in [2.75, 3.05) is 25.2 Å². The third-order valence-electron chi connectivity index (χ3n) is 2.83. The Labute approximate surface area is 130 Å². The van der Waals surface area contributed by atoms with E-state index in [0.717, 1.165) is 24.1 Å². The Hall–Kier alpha value is -0.0800. The van der Waals surface area contributed by atoms with Crippen LogP contribution in [-0.4, -0.2) is 38.7 Å². The van der Waals surface area contributed by atoms with Gasteiger partial charge in [0, 0.05) is 24.4 Å². The fourth-order valence-electron chi connectivity index (χ4n) is 1.75. The van der Waals surface area contributed by atoms with Crippen LogP contribution >= 0.6 is 23.1 Å². The SMILES string of the molecule is CSCCCCCCNS(=O)(=O)c1ccc(CCO)s1. The summed E-state index contributed by atoms with van der Waals surface area (Å²) in [5, 5.41) is 8.83. The summed E-state index contributed by atoms with van der Waals surface area (Å²) in [6, 6.07) is 3.37. The molecule has 0 unspecified atom stereocenters. The number of rotatable bonds is 11. The van der Waals surface area contributed by atoms with Crippen LogP contribution in [-0.2, 0) is 16.4 Å². The Kier molecular flexibility index (Phi) is 8.79. The lowest BCUT2D eigenvalue weighted by molar-refractivity contribution is 0.300. The van der Waals surface area contributed by atoms with Crippen molar-refractivity contribution in [3.63, 3.8) is 0 Å². The summed E-state index contributed by atoms with van der Waals surface area (Å²) >= 11 is 3.07. The predicted molar refractivity (Wildman–Crippen MR) is 87.1 cm³/mol. The zero-order valence-electron chi connectivity index (χ0n) is 11.8. The van der Waals surface area contributed by atoms with E-state index in [2.05, 4.69) is 11.0 Å². The van der Waals surface area contributed by atoms with Gasteiger partial charge in [-0.1, -0.05) is 12.8 Å². The summed E-state index contributed by atoms with van der Waals surface area (Å²) in [7, 11) is -3.37. The van der Waals surface area contributed by atoms with Gasteiger partial charge >= 0.3 is 0 Å². The van der Waals surface area contributed by atoms with Gasteiger partial charge in [-0.25, -0.2) is 13.1 Å². The highest BCUT2D eigenvalue weighted by molar-refractivity contribution is 7.98. The van der Waals surface area contributed by atoms with Crippen LogP contribution in [0.1, 0.15) is 30.6 Å². The largest absolute Gasteiger partial charge is 0.396 e. The summed E-state index contributed by atoms with van der Waals surface area (Å²) in [5.41, 5.74) is 0. The molecule has 2 N–H and O–H groups in total. The molecule has 7 heteroatoms. The van der Waals surface area contributed by atoms with Crippen molar-refractivity contribution >= 4 is 33.1 Å². The first-order valence-electron chi connectivity index (χ1n) is 6.78. The number of thioether (sulfide) groups is 1. The summed E-state index contributed by atoms with van der Waals surface area (Å²) in [5.74, 6) is 1.18. The van der Waals surface area contributed by atoms with Gasteiger partial charge in [-0.05, 0) is 37.0 Å². The molecule has 1 aromatic rings. The molecule has 0 aromatic carbocycles. The van der Waals surface area contributed by atoms with Gasteiger partial charge in [-0.2, -0.15) is 11.8 Å². The maximum atomic E-state index is 12.0. The van der Waals surface area contributed by atoms with E-state index in [-0.39, 0.29) is 6.61 Å². The van der Waals surface area contributed by atoms with Crippen LogP contribution in [0.5, 0.6) is 0 Å². The fourth-order valence-corrected chi connectivity index (χ4v) is 4.71. The van der Waals surface area contributed by atoms with Crippen LogP contribution in [0.4, 0.5) is 0 Å². The lowest BCUT2D eigenvalue weighted by Crippen LogP contribution is -2.23. The number of hydrogen-bond acceptors (Lipinski definition) is 5. The highest BCUT2D eigenvalue weighted by Crippen LogP contribution is 2.21. The standard InChI is InChI=1S/C13H23NO3S3/c1-18-11-5-3-2-4-9-14-20(16,17)13-7-6-12(19-13)8-10-15/h6-7,14-15H,2-5,8-11H2,1H3. The van der Waals surface area contributed by atoms with Crippen molar-refractivity contribution in [1.29, 1.82) is 0 Å². The molecule has 0 radical (unpaired) electrons. The van der Waals surface area contributed by atoms with E-state index in [1.165, 1.54) is 23.5 Å². The molecule has 0 spiro atoms. The van der Waals surface area contributed by atoms with Gasteiger partial charge in [-0.3, -0.25) is 0 Å². The summed E-state index contributed by atoms with van der Waals surface area (Å²) in [4.78, 5) is 0.893. The monoisotopic (exact) mass is 337 g/mol. The molecule has 1 aromatic heterocycles. The number of hydrogen-bond donors (Lipinski definition) is 2. The number of aliphatic hydroxyl groups is 1. The van der Waals surface area contributed by atoms with Crippen LogP contribution in [0.2, 0.25) is 0 Å². The Morgan fingerprint density at radius 1 is 1.25 bits per heavy atom. The molecule has 0 aliphatic heterocycles. The number of thiophene rings is 1. The number of aliphatic hydroxyl groups excluding tert-OH is 1.